The van der Waals surface area contributed by atoms with Crippen molar-refractivity contribution in [3.63, 3.8) is 0 Å². The molecule has 7 nitrogen and oxygen atoms in total. The third-order valence-electron chi connectivity index (χ3n) is 4.39. The van der Waals surface area contributed by atoms with E-state index in [1.165, 1.54) is 24.4 Å². The third kappa shape index (κ3) is 4.79. The molecule has 0 atom stereocenters. The standard InChI is InChI=1S/C21H12BrCl2FN4O3/c22-16-2-1-12(19(25)20(16)31-14-6-11(9-26)5-13(23)8-14)7-18-27-28-21(32-18)15-3-4-29(30)10-17(15)24/h1-3,5-6,8,10,30H,4,7H2. The largest absolute Gasteiger partial charge is 0.453 e. The number of aromatic nitrogens is 2. The maximum absolute atomic E-state index is 15.2. The summed E-state index contributed by atoms with van der Waals surface area (Å²) in [5.74, 6) is -0.167. The van der Waals surface area contributed by atoms with Gasteiger partial charge >= 0.3 is 0 Å². The summed E-state index contributed by atoms with van der Waals surface area (Å²) in [4.78, 5) is 0. The average molecular weight is 538 g/mol. The molecule has 0 spiro atoms. The highest BCUT2D eigenvalue weighted by Crippen LogP contribution is 2.36. The molecule has 2 heterocycles. The van der Waals surface area contributed by atoms with Gasteiger partial charge in [0, 0.05) is 16.8 Å². The number of ether oxygens (including phenoxy) is 1. The fraction of sp³-hybridized carbons (Fsp3) is 0.0952. The zero-order valence-corrected chi connectivity index (χ0v) is 19.1. The summed E-state index contributed by atoms with van der Waals surface area (Å²) in [5, 5.41) is 27.9. The van der Waals surface area contributed by atoms with E-state index in [-0.39, 0.29) is 52.4 Å². The lowest BCUT2D eigenvalue weighted by molar-refractivity contribution is -0.0303. The Balaban J connectivity index is 1.59. The molecule has 0 bridgehead atoms. The molecule has 0 fully saturated rings. The monoisotopic (exact) mass is 536 g/mol. The van der Waals surface area contributed by atoms with Crippen LogP contribution in [0.3, 0.4) is 0 Å². The highest BCUT2D eigenvalue weighted by molar-refractivity contribution is 9.10. The number of halogens is 4. The first-order chi connectivity index (χ1) is 15.3. The second kappa shape index (κ2) is 9.30. The van der Waals surface area contributed by atoms with Gasteiger partial charge in [-0.1, -0.05) is 29.3 Å². The Morgan fingerprint density at radius 2 is 2.09 bits per heavy atom. The Morgan fingerprint density at radius 3 is 2.84 bits per heavy atom. The zero-order chi connectivity index (χ0) is 22.8. The van der Waals surface area contributed by atoms with Crippen molar-refractivity contribution >= 4 is 44.7 Å². The van der Waals surface area contributed by atoms with Crippen LogP contribution in [0, 0.1) is 17.1 Å². The van der Waals surface area contributed by atoms with Gasteiger partial charge in [0.15, 0.2) is 11.6 Å². The molecule has 1 aromatic heterocycles. The van der Waals surface area contributed by atoms with Gasteiger partial charge in [0.2, 0.25) is 11.8 Å². The smallest absolute Gasteiger partial charge is 0.249 e. The number of allylic oxidation sites excluding steroid dienone is 2. The number of nitriles is 1. The van der Waals surface area contributed by atoms with E-state index in [9.17, 15) is 5.21 Å². The number of benzene rings is 2. The highest BCUT2D eigenvalue weighted by Gasteiger charge is 2.21. The van der Waals surface area contributed by atoms with E-state index in [4.69, 9.17) is 37.6 Å². The van der Waals surface area contributed by atoms with Gasteiger partial charge in [0.1, 0.15) is 5.75 Å². The van der Waals surface area contributed by atoms with Crippen molar-refractivity contribution < 1.29 is 18.8 Å². The van der Waals surface area contributed by atoms with Gasteiger partial charge < -0.3 is 9.15 Å². The minimum Gasteiger partial charge on any atom is -0.453 e. The quantitative estimate of drug-likeness (QED) is 0.423. The fourth-order valence-corrected chi connectivity index (χ4v) is 3.81. The lowest BCUT2D eigenvalue weighted by atomic mass is 10.1. The summed E-state index contributed by atoms with van der Waals surface area (Å²) in [5.41, 5.74) is 1.01. The van der Waals surface area contributed by atoms with E-state index in [0.717, 1.165) is 5.06 Å². The average Bonchev–Trinajstić information content (AvgIpc) is 3.21. The van der Waals surface area contributed by atoms with E-state index < -0.39 is 5.82 Å². The summed E-state index contributed by atoms with van der Waals surface area (Å²) in [6.45, 7) is 0.211. The summed E-state index contributed by atoms with van der Waals surface area (Å²) in [7, 11) is 0. The predicted octanol–water partition coefficient (Wildman–Crippen LogP) is 6.05. The Labute approximate surface area is 200 Å². The van der Waals surface area contributed by atoms with Crippen LogP contribution in [0.4, 0.5) is 4.39 Å². The van der Waals surface area contributed by atoms with Gasteiger partial charge in [0.05, 0.1) is 39.7 Å². The zero-order valence-electron chi connectivity index (χ0n) is 16.0. The van der Waals surface area contributed by atoms with Crippen LogP contribution in [0.2, 0.25) is 5.02 Å². The van der Waals surface area contributed by atoms with Crippen LogP contribution in [-0.2, 0) is 6.42 Å². The van der Waals surface area contributed by atoms with Gasteiger partial charge in [-0.25, -0.2) is 4.39 Å². The molecule has 0 radical (unpaired) electrons. The normalized spacial score (nSPS) is 13.4. The fourth-order valence-electron chi connectivity index (χ4n) is 2.93. The molecule has 0 saturated carbocycles. The summed E-state index contributed by atoms with van der Waals surface area (Å²) >= 11 is 15.4. The van der Waals surface area contributed by atoms with Gasteiger partial charge in [-0.3, -0.25) is 10.3 Å². The molecule has 32 heavy (non-hydrogen) atoms. The van der Waals surface area contributed by atoms with Crippen molar-refractivity contribution in [1.82, 2.24) is 15.3 Å². The molecule has 1 aliphatic rings. The number of rotatable bonds is 5. The highest BCUT2D eigenvalue weighted by atomic mass is 79.9. The molecule has 1 aliphatic heterocycles. The number of hydroxylamine groups is 2. The van der Waals surface area contributed by atoms with E-state index >= 15 is 4.39 Å². The molecule has 4 rings (SSSR count). The molecule has 11 heteroatoms. The van der Waals surface area contributed by atoms with E-state index in [1.54, 1.807) is 18.2 Å². The molecule has 1 N–H and O–H groups in total. The van der Waals surface area contributed by atoms with Crippen molar-refractivity contribution in [2.75, 3.05) is 6.54 Å². The van der Waals surface area contributed by atoms with Gasteiger partial charge in [0.25, 0.3) is 0 Å². The van der Waals surface area contributed by atoms with E-state index in [1.807, 2.05) is 6.07 Å². The summed E-state index contributed by atoms with van der Waals surface area (Å²) < 4.78 is 26.9. The number of hydrogen-bond acceptors (Lipinski definition) is 7. The predicted molar refractivity (Wildman–Crippen MR) is 118 cm³/mol. The molecule has 0 amide bonds. The van der Waals surface area contributed by atoms with Crippen LogP contribution in [0.5, 0.6) is 11.5 Å². The van der Waals surface area contributed by atoms with Crippen LogP contribution in [0.15, 0.2) is 56.5 Å². The lowest BCUT2D eigenvalue weighted by Gasteiger charge is -2.15. The first-order valence-corrected chi connectivity index (χ1v) is 10.6. The second-order valence-corrected chi connectivity index (χ2v) is 8.33. The molecule has 162 valence electrons. The summed E-state index contributed by atoms with van der Waals surface area (Å²) in [6.07, 6.45) is 2.96. The van der Waals surface area contributed by atoms with Crippen molar-refractivity contribution in [2.24, 2.45) is 0 Å². The van der Waals surface area contributed by atoms with Crippen LogP contribution in [-0.4, -0.2) is 27.0 Å². The maximum Gasteiger partial charge on any atom is 0.249 e. The molecule has 0 aliphatic carbocycles. The Kier molecular flexibility index (Phi) is 6.48. The van der Waals surface area contributed by atoms with Crippen LogP contribution < -0.4 is 4.74 Å². The molecular weight excluding hydrogens is 526 g/mol. The Bertz CT molecular complexity index is 1300. The third-order valence-corrected chi connectivity index (χ3v) is 5.53. The molecule has 2 aromatic carbocycles. The number of nitrogens with zero attached hydrogens (tertiary/aromatic N) is 4. The maximum atomic E-state index is 15.2. The van der Waals surface area contributed by atoms with Gasteiger partial charge in [-0.05, 0) is 46.3 Å². The van der Waals surface area contributed by atoms with E-state index in [0.29, 0.717) is 15.1 Å². The van der Waals surface area contributed by atoms with Crippen LogP contribution in [0.1, 0.15) is 22.9 Å². The van der Waals surface area contributed by atoms with Crippen LogP contribution >= 0.6 is 39.1 Å². The summed E-state index contributed by atoms with van der Waals surface area (Å²) in [6, 6.07) is 9.57. The SMILES string of the molecule is N#Cc1cc(Cl)cc(Oc2c(Br)ccc(Cc3nnc(C4=CCN(O)C=C4Cl)o3)c2F)c1. The lowest BCUT2D eigenvalue weighted by Crippen LogP contribution is -2.15. The van der Waals surface area contributed by atoms with Gasteiger partial charge in [-0.15, -0.1) is 10.2 Å². The Morgan fingerprint density at radius 1 is 1.28 bits per heavy atom. The minimum absolute atomic E-state index is 0.00219. The van der Waals surface area contributed by atoms with Crippen molar-refractivity contribution in [1.29, 1.82) is 5.26 Å². The first-order valence-electron chi connectivity index (χ1n) is 9.05. The topological polar surface area (TPSA) is 95.4 Å². The molecule has 3 aromatic rings. The van der Waals surface area contributed by atoms with Crippen molar-refractivity contribution in [2.45, 2.75) is 6.42 Å². The van der Waals surface area contributed by atoms with E-state index in [2.05, 4.69) is 26.1 Å². The minimum atomic E-state index is -0.636. The number of hydrogen-bond donors (Lipinski definition) is 1. The molecular formula is C21H12BrCl2FN4O3. The second-order valence-electron chi connectivity index (χ2n) is 6.63. The molecule has 0 saturated heterocycles. The molecule has 0 unspecified atom stereocenters. The van der Waals surface area contributed by atoms with Crippen molar-refractivity contribution in [3.8, 4) is 17.6 Å². The Hall–Kier alpha value is -2.90. The van der Waals surface area contributed by atoms with Crippen molar-refractivity contribution in [3.05, 3.63) is 85.9 Å². The first kappa shape index (κ1) is 22.3. The van der Waals surface area contributed by atoms with Gasteiger partial charge in [-0.2, -0.15) is 5.26 Å². The van der Waals surface area contributed by atoms with Crippen LogP contribution in [0.25, 0.3) is 5.57 Å².